The highest BCUT2D eigenvalue weighted by atomic mass is 28.2. The van der Waals surface area contributed by atoms with Crippen molar-refractivity contribution < 1.29 is 14.0 Å². The van der Waals surface area contributed by atoms with Gasteiger partial charge in [0.1, 0.15) is 5.75 Å². The minimum atomic E-state index is -0.795. The number of aryl methyl sites for hydroxylation is 1. The van der Waals surface area contributed by atoms with Crippen molar-refractivity contribution in [3.8, 4) is 5.75 Å². The Labute approximate surface area is 270 Å². The van der Waals surface area contributed by atoms with Crippen LogP contribution >= 0.6 is 0 Å². The third-order valence-corrected chi connectivity index (χ3v) is 9.80. The first-order valence-electron chi connectivity index (χ1n) is 18.0. The lowest BCUT2D eigenvalue weighted by molar-refractivity contribution is -0.143. The van der Waals surface area contributed by atoms with Gasteiger partial charge in [-0.1, -0.05) is 168 Å². The molecule has 1 aromatic rings. The first-order valence-corrected chi connectivity index (χ1v) is 19.3. The van der Waals surface area contributed by atoms with Gasteiger partial charge in [0, 0.05) is 6.42 Å². The molecule has 1 rings (SSSR count). The van der Waals surface area contributed by atoms with Gasteiger partial charge < -0.3 is 9.16 Å². The summed E-state index contributed by atoms with van der Waals surface area (Å²) in [6, 6.07) is 4.54. The van der Waals surface area contributed by atoms with E-state index in [1.165, 1.54) is 112 Å². The van der Waals surface area contributed by atoms with Crippen LogP contribution in [0.15, 0.2) is 23.4 Å². The summed E-state index contributed by atoms with van der Waals surface area (Å²) in [5.41, 5.74) is 7.18. The van der Waals surface area contributed by atoms with Gasteiger partial charge in [-0.05, 0) is 54.2 Å². The highest BCUT2D eigenvalue weighted by molar-refractivity contribution is 6.35. The molecule has 0 unspecified atom stereocenters. The van der Waals surface area contributed by atoms with Gasteiger partial charge in [-0.3, -0.25) is 4.79 Å². The Balaban J connectivity index is 2.34. The second kappa shape index (κ2) is 22.0. The van der Waals surface area contributed by atoms with Crippen molar-refractivity contribution in [2.75, 3.05) is 6.61 Å². The van der Waals surface area contributed by atoms with Crippen LogP contribution in [0.3, 0.4) is 0 Å². The summed E-state index contributed by atoms with van der Waals surface area (Å²) in [5.74, 6) is 0.978. The molecule has 3 nitrogen and oxygen atoms in total. The molecule has 248 valence electrons. The van der Waals surface area contributed by atoms with E-state index in [1.807, 2.05) is 0 Å². The van der Waals surface area contributed by atoms with Crippen molar-refractivity contribution in [3.05, 3.63) is 40.1 Å². The van der Waals surface area contributed by atoms with E-state index in [-0.39, 0.29) is 16.8 Å². The van der Waals surface area contributed by atoms with E-state index in [1.54, 1.807) is 0 Å². The highest BCUT2D eigenvalue weighted by Crippen LogP contribution is 2.41. The number of allylic oxidation sites excluding steroid dienone is 1. The van der Waals surface area contributed by atoms with Crippen molar-refractivity contribution in [2.24, 2.45) is 0 Å². The number of carbonyl (C=O) groups excluding carboxylic acids is 1. The number of unbranched alkanes of at least 4 members (excludes halogenated alkanes) is 15. The third kappa shape index (κ3) is 18.8. The second-order valence-electron chi connectivity index (χ2n) is 15.1. The van der Waals surface area contributed by atoms with E-state index in [0.717, 1.165) is 18.6 Å². The van der Waals surface area contributed by atoms with Crippen LogP contribution in [0, 0.1) is 0 Å². The molecule has 0 aliphatic rings. The van der Waals surface area contributed by atoms with Gasteiger partial charge in [0.05, 0.1) is 6.61 Å². The zero-order valence-corrected chi connectivity index (χ0v) is 31.5. The van der Waals surface area contributed by atoms with Crippen LogP contribution in [0.5, 0.6) is 5.75 Å². The minimum Gasteiger partial charge on any atom is -0.545 e. The molecule has 0 bridgehead atoms. The maximum Gasteiger partial charge on any atom is 0.306 e. The van der Waals surface area contributed by atoms with Gasteiger partial charge in [-0.25, -0.2) is 0 Å². The zero-order valence-electron chi connectivity index (χ0n) is 30.1. The fourth-order valence-electron chi connectivity index (χ4n) is 5.55. The molecular formula is C39H70O3Si. The quantitative estimate of drug-likeness (QED) is 0.0699. The average molecular weight is 615 g/mol. The number of hydrogen-bond donors (Lipinski definition) is 0. The summed E-state index contributed by atoms with van der Waals surface area (Å²) < 4.78 is 12.1. The van der Waals surface area contributed by atoms with Gasteiger partial charge in [-0.2, -0.15) is 0 Å². The molecule has 0 aliphatic carbocycles. The SMILES string of the molecule is CCCCCCCCCCCCCCCCCCOC(=O)CCc1cc(C(C)(C)C)c(O[SiH2]C=C(C)C)c(C(C)(C)C)c1. The Morgan fingerprint density at radius 1 is 0.698 bits per heavy atom. The average Bonchev–Trinajstić information content (AvgIpc) is 2.92. The lowest BCUT2D eigenvalue weighted by Gasteiger charge is -2.31. The van der Waals surface area contributed by atoms with E-state index >= 15 is 0 Å². The fraction of sp³-hybridized carbons (Fsp3) is 0.769. The lowest BCUT2D eigenvalue weighted by atomic mass is 9.78. The van der Waals surface area contributed by atoms with Gasteiger partial charge in [0.2, 0.25) is 9.76 Å². The van der Waals surface area contributed by atoms with E-state index in [4.69, 9.17) is 9.16 Å². The Hall–Kier alpha value is -1.55. The van der Waals surface area contributed by atoms with Crippen molar-refractivity contribution >= 4 is 15.7 Å². The number of esters is 1. The number of hydrogen-bond acceptors (Lipinski definition) is 3. The summed E-state index contributed by atoms with van der Waals surface area (Å²) in [7, 11) is -0.795. The second-order valence-corrected chi connectivity index (χ2v) is 16.2. The molecule has 0 aromatic heterocycles. The van der Waals surface area contributed by atoms with E-state index in [9.17, 15) is 4.79 Å². The molecule has 0 atom stereocenters. The zero-order chi connectivity index (χ0) is 32.1. The first kappa shape index (κ1) is 39.5. The Kier molecular flexibility index (Phi) is 20.2. The van der Waals surface area contributed by atoms with Crippen LogP contribution in [-0.2, 0) is 26.8 Å². The van der Waals surface area contributed by atoms with Crippen molar-refractivity contribution in [3.63, 3.8) is 0 Å². The smallest absolute Gasteiger partial charge is 0.306 e. The molecule has 0 N–H and O–H groups in total. The molecule has 0 fully saturated rings. The number of rotatable bonds is 23. The van der Waals surface area contributed by atoms with Gasteiger partial charge in [0.15, 0.2) is 0 Å². The summed E-state index contributed by atoms with van der Waals surface area (Å²) in [5, 5.41) is 0. The Bertz CT molecular complexity index is 880. The van der Waals surface area contributed by atoms with Crippen LogP contribution in [0.25, 0.3) is 0 Å². The van der Waals surface area contributed by atoms with Gasteiger partial charge >= 0.3 is 5.97 Å². The van der Waals surface area contributed by atoms with Crippen LogP contribution in [0.4, 0.5) is 0 Å². The molecule has 0 radical (unpaired) electrons. The molecule has 0 saturated carbocycles. The molecule has 0 saturated heterocycles. The standard InChI is InChI=1S/C39H70O3Si/c1-10-11-12-13-14-15-16-17-18-19-20-21-22-23-24-25-28-41-36(40)27-26-33-29-34(38(4,5)6)37(42-43-31-32(2)3)35(30-33)39(7,8)9/h29-31H,10-28,43H2,1-9H3. The molecular weight excluding hydrogens is 545 g/mol. The van der Waals surface area contributed by atoms with Crippen LogP contribution in [0.2, 0.25) is 0 Å². The van der Waals surface area contributed by atoms with E-state index in [0.29, 0.717) is 19.4 Å². The largest absolute Gasteiger partial charge is 0.545 e. The number of carbonyl (C=O) groups is 1. The van der Waals surface area contributed by atoms with Crippen LogP contribution in [-0.4, -0.2) is 22.3 Å². The molecule has 0 heterocycles. The van der Waals surface area contributed by atoms with E-state index in [2.05, 4.69) is 80.1 Å². The van der Waals surface area contributed by atoms with Crippen molar-refractivity contribution in [2.45, 2.75) is 189 Å². The predicted molar refractivity (Wildman–Crippen MR) is 191 cm³/mol. The number of ether oxygens (including phenoxy) is 1. The summed E-state index contributed by atoms with van der Waals surface area (Å²) >= 11 is 0. The summed E-state index contributed by atoms with van der Waals surface area (Å²) in [6.07, 6.45) is 22.7. The van der Waals surface area contributed by atoms with Crippen LogP contribution < -0.4 is 4.43 Å². The highest BCUT2D eigenvalue weighted by Gasteiger charge is 2.27. The van der Waals surface area contributed by atoms with Gasteiger partial charge in [0.25, 0.3) is 0 Å². The van der Waals surface area contributed by atoms with Gasteiger partial charge in [-0.15, -0.1) is 0 Å². The maximum absolute atomic E-state index is 12.6. The minimum absolute atomic E-state index is 0.0432. The maximum atomic E-state index is 12.6. The predicted octanol–water partition coefficient (Wildman–Crippen LogP) is 11.4. The summed E-state index contributed by atoms with van der Waals surface area (Å²) in [4.78, 5) is 12.6. The Morgan fingerprint density at radius 2 is 1.12 bits per heavy atom. The normalized spacial score (nSPS) is 12.2. The monoisotopic (exact) mass is 615 g/mol. The molecule has 4 heteroatoms. The molecule has 43 heavy (non-hydrogen) atoms. The van der Waals surface area contributed by atoms with Crippen LogP contribution in [0.1, 0.15) is 188 Å². The summed E-state index contributed by atoms with van der Waals surface area (Å²) in [6.45, 7) is 20.6. The molecule has 0 aliphatic heterocycles. The Morgan fingerprint density at radius 3 is 1.51 bits per heavy atom. The number of benzene rings is 1. The lowest BCUT2D eigenvalue weighted by Crippen LogP contribution is -2.21. The molecule has 0 spiro atoms. The fourth-order valence-corrected chi connectivity index (χ4v) is 6.44. The van der Waals surface area contributed by atoms with Crippen molar-refractivity contribution in [1.29, 1.82) is 0 Å². The van der Waals surface area contributed by atoms with Crippen molar-refractivity contribution in [1.82, 2.24) is 0 Å². The first-order chi connectivity index (χ1) is 20.4. The molecule has 1 aromatic carbocycles. The third-order valence-electron chi connectivity index (χ3n) is 8.36. The molecule has 0 amide bonds. The topological polar surface area (TPSA) is 35.5 Å². The van der Waals surface area contributed by atoms with E-state index < -0.39 is 9.76 Å².